The molecule has 1 saturated heterocycles. The van der Waals surface area contributed by atoms with E-state index >= 15 is 0 Å². The average molecular weight is 452 g/mol. The van der Waals surface area contributed by atoms with Gasteiger partial charge >= 0.3 is 0 Å². The van der Waals surface area contributed by atoms with Crippen molar-refractivity contribution in [3.63, 3.8) is 0 Å². The first-order valence-electron chi connectivity index (χ1n) is 10.9. The zero-order chi connectivity index (χ0) is 23.4. The van der Waals surface area contributed by atoms with Crippen LogP contribution in [0.25, 0.3) is 0 Å². The van der Waals surface area contributed by atoms with E-state index in [1.807, 2.05) is 0 Å². The van der Waals surface area contributed by atoms with Crippen LogP contribution in [0.4, 0.5) is 0 Å². The molecular weight excluding hydrogens is 412 g/mol. The van der Waals surface area contributed by atoms with E-state index in [4.69, 9.17) is 27.7 Å². The van der Waals surface area contributed by atoms with Crippen LogP contribution in [0.3, 0.4) is 0 Å². The van der Waals surface area contributed by atoms with Gasteiger partial charge in [0.05, 0.1) is 29.4 Å². The van der Waals surface area contributed by atoms with Gasteiger partial charge in [-0.25, -0.2) is 4.99 Å². The number of hydrogen-bond donors (Lipinski definition) is 1. The van der Waals surface area contributed by atoms with E-state index in [2.05, 4.69) is 89.3 Å². The zero-order valence-corrected chi connectivity index (χ0v) is 20.9. The number of nitrogens with zero attached hydrogens (tertiary/aromatic N) is 3. The average Bonchev–Trinajstić information content (AvgIpc) is 2.93. The molecule has 3 rings (SSSR count). The van der Waals surface area contributed by atoms with E-state index in [9.17, 15) is 0 Å². The molecule has 0 saturated carbocycles. The van der Waals surface area contributed by atoms with Crippen molar-refractivity contribution in [2.24, 2.45) is 10.4 Å². The first-order valence-corrected chi connectivity index (χ1v) is 11.3. The Morgan fingerprint density at radius 2 is 1.71 bits per heavy atom. The number of fused-ring (bicyclic) bond motifs is 1. The monoisotopic (exact) mass is 451 g/mol. The molecule has 7 nitrogen and oxygen atoms in total. The summed E-state index contributed by atoms with van der Waals surface area (Å²) >= 11 is 4.76. The summed E-state index contributed by atoms with van der Waals surface area (Å²) < 4.78 is 3.54. The van der Waals surface area contributed by atoms with Gasteiger partial charge in [0, 0.05) is 5.56 Å². The van der Waals surface area contributed by atoms with Crippen molar-refractivity contribution in [1.82, 2.24) is 10.1 Å². The molecule has 0 amide bonds. The summed E-state index contributed by atoms with van der Waals surface area (Å²) in [5.41, 5.74) is 2.10. The maximum absolute atomic E-state index is 8.60. The first-order chi connectivity index (χ1) is 14.2. The van der Waals surface area contributed by atoms with Crippen LogP contribution in [0.2, 0.25) is 0 Å². The summed E-state index contributed by atoms with van der Waals surface area (Å²) in [5, 5.41) is 20.4. The van der Waals surface area contributed by atoms with Crippen molar-refractivity contribution in [1.29, 1.82) is 0 Å². The fourth-order valence-electron chi connectivity index (χ4n) is 5.41. The highest BCUT2D eigenvalue weighted by atomic mass is 32.1. The molecule has 1 fully saturated rings. The third-order valence-corrected chi connectivity index (χ3v) is 7.54. The van der Waals surface area contributed by atoms with Crippen molar-refractivity contribution in [3.8, 4) is 0 Å². The molecule has 8 heteroatoms. The van der Waals surface area contributed by atoms with Gasteiger partial charge < -0.3 is 15.3 Å². The van der Waals surface area contributed by atoms with Crippen molar-refractivity contribution >= 4 is 18.6 Å². The van der Waals surface area contributed by atoms with Crippen molar-refractivity contribution in [2.75, 3.05) is 6.54 Å². The molecular formula is C23H39N4O3S+3. The normalized spacial score (nSPS) is 27.4. The molecule has 2 atom stereocenters. The van der Waals surface area contributed by atoms with Crippen LogP contribution in [0.5, 0.6) is 0 Å². The Kier molecular flexibility index (Phi) is 6.13. The molecule has 0 bridgehead atoms. The van der Waals surface area contributed by atoms with Gasteiger partial charge in [0.2, 0.25) is 6.10 Å². The maximum Gasteiger partial charge on any atom is 0.211 e. The van der Waals surface area contributed by atoms with Crippen LogP contribution in [-0.2, 0) is 28.3 Å². The molecule has 5 N–H and O–H groups in total. The van der Waals surface area contributed by atoms with Crippen LogP contribution in [0.1, 0.15) is 84.6 Å². The summed E-state index contributed by atoms with van der Waals surface area (Å²) in [6.07, 6.45) is 2.68. The highest BCUT2D eigenvalue weighted by Gasteiger charge is 2.55. The molecule has 31 heavy (non-hydrogen) atoms. The lowest BCUT2D eigenvalue weighted by Gasteiger charge is -2.30. The number of benzene rings is 1. The molecule has 0 spiro atoms. The lowest BCUT2D eigenvalue weighted by Crippen LogP contribution is -2.72. The third-order valence-electron chi connectivity index (χ3n) is 7.45. The molecule has 1 aromatic carbocycles. The van der Waals surface area contributed by atoms with E-state index in [-0.39, 0.29) is 28.6 Å². The van der Waals surface area contributed by atoms with Gasteiger partial charge in [0.15, 0.2) is 6.54 Å². The molecule has 2 aliphatic heterocycles. The molecule has 2 heterocycles. The number of rotatable bonds is 6. The predicted octanol–water partition coefficient (Wildman–Crippen LogP) is 1.49. The minimum absolute atomic E-state index is 0.168. The molecule has 1 aromatic rings. The Hall–Kier alpha value is -1.45. The fraction of sp³-hybridized carbons (Fsp3) is 0.696. The second-order valence-corrected chi connectivity index (χ2v) is 11.3. The first kappa shape index (κ1) is 24.2. The van der Waals surface area contributed by atoms with Gasteiger partial charge in [0.25, 0.3) is 0 Å². The van der Waals surface area contributed by atoms with Gasteiger partial charge in [-0.1, -0.05) is 22.3 Å². The number of nitrogens with one attached hydrogen (secondary N) is 1. The van der Waals surface area contributed by atoms with Crippen molar-refractivity contribution in [3.05, 3.63) is 34.9 Å². The smallest absolute Gasteiger partial charge is 0.211 e. The van der Waals surface area contributed by atoms with E-state index < -0.39 is 5.54 Å². The molecule has 0 aliphatic carbocycles. The van der Waals surface area contributed by atoms with E-state index in [1.165, 1.54) is 0 Å². The molecule has 0 radical (unpaired) electrons. The predicted molar refractivity (Wildman–Crippen MR) is 125 cm³/mol. The quantitative estimate of drug-likeness (QED) is 0.403. The summed E-state index contributed by atoms with van der Waals surface area (Å²) in [5.74, 6) is 0.234. The van der Waals surface area contributed by atoms with Crippen LogP contribution in [-0.4, -0.2) is 44.4 Å². The summed E-state index contributed by atoms with van der Waals surface area (Å²) in [6, 6.07) is 6.29. The van der Waals surface area contributed by atoms with Crippen LogP contribution < -0.4 is 4.99 Å². The second-order valence-electron chi connectivity index (χ2n) is 11.1. The molecule has 2 aliphatic rings. The summed E-state index contributed by atoms with van der Waals surface area (Å²) in [6.45, 7) is 17.3. The Bertz CT molecular complexity index is 882. The number of hydroxylamine groups is 4. The second kappa shape index (κ2) is 7.85. The van der Waals surface area contributed by atoms with E-state index in [0.29, 0.717) is 6.54 Å². The third kappa shape index (κ3) is 3.93. The summed E-state index contributed by atoms with van der Waals surface area (Å²) in [4.78, 5) is 8.99. The SMILES string of the molecule is CC1(C)CC(C=[NH+]CC(ON=S)c2ccc3c(c2)C(C)(C)N([OH2+])C3(C)C)C(C)(C)N1[OH2+]. The van der Waals surface area contributed by atoms with Gasteiger partial charge in [0.1, 0.15) is 17.3 Å². The van der Waals surface area contributed by atoms with Gasteiger partial charge in [-0.3, -0.25) is 0 Å². The summed E-state index contributed by atoms with van der Waals surface area (Å²) in [7, 11) is 0. The molecule has 0 aromatic heterocycles. The van der Waals surface area contributed by atoms with Crippen LogP contribution in [0.15, 0.2) is 22.7 Å². The number of hydrogen-bond acceptors (Lipinski definition) is 5. The Labute approximate surface area is 191 Å². The topological polar surface area (TPSA) is 87.8 Å². The largest absolute Gasteiger partial charge is 0.371 e. The van der Waals surface area contributed by atoms with E-state index in [1.54, 1.807) is 10.1 Å². The lowest BCUT2D eigenvalue weighted by molar-refractivity contribution is -0.469. The standard InChI is InChI=1S/C23H36N4O3S/c1-20(2)12-16(21(3,4)26(20)28)13-24-14-19(30-25-31)15-9-10-17-18(11-15)23(7,8)27(29)22(17,5)6/h9-11,13,16,19,28-29H,12,14H2,1-8H3/p+3. The lowest BCUT2D eigenvalue weighted by atomic mass is 9.88. The van der Waals surface area contributed by atoms with Gasteiger partial charge in [-0.15, -0.1) is 0 Å². The fourth-order valence-corrected chi connectivity index (χ4v) is 5.52. The highest BCUT2D eigenvalue weighted by Crippen LogP contribution is 2.48. The minimum Gasteiger partial charge on any atom is -0.371 e. The van der Waals surface area contributed by atoms with Crippen LogP contribution in [0, 0.1) is 5.92 Å². The highest BCUT2D eigenvalue weighted by molar-refractivity contribution is 7.47. The van der Waals surface area contributed by atoms with Crippen LogP contribution >= 0.6 is 0 Å². The zero-order valence-electron chi connectivity index (χ0n) is 20.0. The maximum atomic E-state index is 8.60. The Morgan fingerprint density at radius 1 is 1.10 bits per heavy atom. The Morgan fingerprint density at radius 3 is 2.26 bits per heavy atom. The van der Waals surface area contributed by atoms with Gasteiger partial charge in [-0.05, 0) is 83.5 Å². The minimum atomic E-state index is -0.402. The molecule has 2 unspecified atom stereocenters. The van der Waals surface area contributed by atoms with Gasteiger partial charge in [-0.2, -0.15) is 0 Å². The van der Waals surface area contributed by atoms with E-state index in [0.717, 1.165) is 23.1 Å². The molecule has 172 valence electrons. The van der Waals surface area contributed by atoms with Crippen molar-refractivity contribution < 1.29 is 20.2 Å². The van der Waals surface area contributed by atoms with Crippen molar-refractivity contribution in [2.45, 2.75) is 90.1 Å². The Balaban J connectivity index is 1.84.